The smallest absolute Gasteiger partial charge is 0.0213 e. The van der Waals surface area contributed by atoms with Crippen molar-refractivity contribution in [1.29, 1.82) is 0 Å². The molecule has 21 heavy (non-hydrogen) atoms. The molecule has 0 unspecified atom stereocenters. The Balaban J connectivity index is -0.0000000126. The van der Waals surface area contributed by atoms with Crippen molar-refractivity contribution in [3.63, 3.8) is 0 Å². The molecule has 0 aliphatic heterocycles. The summed E-state index contributed by atoms with van der Waals surface area (Å²) < 4.78 is 0. The SMILES string of the molecule is C[SiH]C.Cl.Cl.[C-]1=CC=CC1.[CH3-].[CH3-].[CH3-].[CH3-].[CH3-].[Zr].[c-]1ccc[nH]1. The van der Waals surface area contributed by atoms with Gasteiger partial charge in [-0.05, 0) is 0 Å². The van der Waals surface area contributed by atoms with Crippen molar-refractivity contribution in [1.82, 2.24) is 4.98 Å². The van der Waals surface area contributed by atoms with Gasteiger partial charge in [-0.15, -0.1) is 37.4 Å². The first-order chi connectivity index (χ1) is 6.41. The molecular weight excluding hydrogens is 396 g/mol. The molecule has 0 bridgehead atoms. The Labute approximate surface area is 170 Å². The quantitative estimate of drug-likeness (QED) is 0.400. The molecule has 0 fully saturated rings. The largest absolute Gasteiger partial charge is 0.484 e. The molecule has 5 heteroatoms. The number of halogens is 2. The summed E-state index contributed by atoms with van der Waals surface area (Å²) in [5.74, 6) is 0. The Morgan fingerprint density at radius 3 is 1.57 bits per heavy atom. The zero-order chi connectivity index (χ0) is 9.78. The maximum atomic E-state index is 2.99. The fraction of sp³-hybridized carbons (Fsp3) is 0.188. The summed E-state index contributed by atoms with van der Waals surface area (Å²) in [6, 6.07) is 3.71. The molecule has 1 aliphatic rings. The average Bonchev–Trinajstić information content (AvgIpc) is 2.85. The molecule has 0 spiro atoms. The molecule has 0 amide bonds. The summed E-state index contributed by atoms with van der Waals surface area (Å²) in [4.78, 5) is 2.74. The summed E-state index contributed by atoms with van der Waals surface area (Å²) in [6.07, 6.45) is 14.6. The van der Waals surface area contributed by atoms with Crippen molar-refractivity contribution in [3.05, 3.63) is 86.0 Å². The van der Waals surface area contributed by atoms with Crippen LogP contribution in [-0.4, -0.2) is 14.5 Å². The average molecular weight is 430 g/mol. The molecule has 1 nitrogen and oxygen atoms in total. The number of nitrogens with one attached hydrogen (secondary N) is 1. The minimum Gasteiger partial charge on any atom is -0.484 e. The Morgan fingerprint density at radius 1 is 1.00 bits per heavy atom. The van der Waals surface area contributed by atoms with Gasteiger partial charge < -0.3 is 42.1 Å². The van der Waals surface area contributed by atoms with E-state index in [2.05, 4.69) is 36.4 Å². The normalized spacial score (nSPS) is 6.95. The third-order valence-corrected chi connectivity index (χ3v) is 1.03. The molecule has 1 aliphatic carbocycles. The minimum atomic E-state index is 0. The van der Waals surface area contributed by atoms with Gasteiger partial charge in [-0.25, -0.2) is 12.2 Å². The van der Waals surface area contributed by atoms with E-state index in [4.69, 9.17) is 0 Å². The van der Waals surface area contributed by atoms with Gasteiger partial charge in [-0.2, -0.15) is 24.4 Å². The Kier molecular flexibility index (Phi) is 163. The van der Waals surface area contributed by atoms with Crippen LogP contribution in [0.3, 0.4) is 0 Å². The van der Waals surface area contributed by atoms with E-state index in [1.165, 1.54) is 0 Å². The van der Waals surface area contributed by atoms with E-state index in [1.807, 2.05) is 30.5 Å². The van der Waals surface area contributed by atoms with Gasteiger partial charge >= 0.3 is 0 Å². The monoisotopic (exact) mass is 427 g/mol. The summed E-state index contributed by atoms with van der Waals surface area (Å²) in [7, 11) is 0.750. The summed E-state index contributed by atoms with van der Waals surface area (Å²) in [5, 5.41) is 0. The van der Waals surface area contributed by atoms with Crippen molar-refractivity contribution in [2.75, 3.05) is 0 Å². The maximum absolute atomic E-state index is 2.99. The number of rotatable bonds is 0. The van der Waals surface area contributed by atoms with E-state index in [0.717, 1.165) is 15.9 Å². The van der Waals surface area contributed by atoms with Crippen molar-refractivity contribution in [2.24, 2.45) is 0 Å². The molecule has 0 atom stereocenters. The molecule has 2 rings (SSSR count). The van der Waals surface area contributed by atoms with Gasteiger partial charge in [0.15, 0.2) is 0 Å². The number of H-pyrrole nitrogens is 1. The second kappa shape index (κ2) is 59.0. The fourth-order valence-electron chi connectivity index (χ4n) is 0.581. The minimum absolute atomic E-state index is 0. The third kappa shape index (κ3) is 63.8. The van der Waals surface area contributed by atoms with Gasteiger partial charge in [0.2, 0.25) is 0 Å². The van der Waals surface area contributed by atoms with Crippen molar-refractivity contribution in [2.45, 2.75) is 19.5 Å². The molecule has 1 N–H and O–H groups in total. The molecule has 1 radical (unpaired) electrons. The molecule has 0 saturated carbocycles. The van der Waals surface area contributed by atoms with Gasteiger partial charge in [-0.3, -0.25) is 6.08 Å². The first-order valence-electron chi connectivity index (χ1n) is 4.37. The first-order valence-corrected chi connectivity index (χ1v) is 6.68. The topological polar surface area (TPSA) is 15.8 Å². The van der Waals surface area contributed by atoms with Crippen LogP contribution in [0.15, 0.2) is 36.6 Å². The number of allylic oxidation sites excluding steroid dienone is 4. The zero-order valence-corrected chi connectivity index (χ0v) is 19.8. The second-order valence-corrected chi connectivity index (χ2v) is 3.55. The molecular formula is C16H33Cl2NSiZr-7. The van der Waals surface area contributed by atoms with Crippen LogP contribution in [-0.2, 0) is 26.2 Å². The van der Waals surface area contributed by atoms with Crippen LogP contribution in [0.25, 0.3) is 0 Å². The second-order valence-electron chi connectivity index (χ2n) is 2.39. The third-order valence-electron chi connectivity index (χ3n) is 1.03. The summed E-state index contributed by atoms with van der Waals surface area (Å²) in [5.41, 5.74) is 0. The van der Waals surface area contributed by atoms with Gasteiger partial charge in [0.1, 0.15) is 0 Å². The van der Waals surface area contributed by atoms with E-state index in [1.54, 1.807) is 0 Å². The predicted octanol–water partition coefficient (Wildman–Crippen LogP) is 5.73. The number of hydrogen-bond donors (Lipinski definition) is 1. The summed E-state index contributed by atoms with van der Waals surface area (Å²) in [6.45, 7) is 4.42. The molecule has 1 heterocycles. The van der Waals surface area contributed by atoms with Crippen molar-refractivity contribution in [3.8, 4) is 0 Å². The van der Waals surface area contributed by atoms with Gasteiger partial charge in [0, 0.05) is 35.7 Å². The van der Waals surface area contributed by atoms with E-state index < -0.39 is 0 Å². The van der Waals surface area contributed by atoms with Crippen molar-refractivity contribution >= 4 is 34.3 Å². The van der Waals surface area contributed by atoms with Crippen LogP contribution < -0.4 is 0 Å². The number of aromatic nitrogens is 1. The Bertz CT molecular complexity index is 201. The molecule has 0 saturated heterocycles. The van der Waals surface area contributed by atoms with Crippen LogP contribution in [0.5, 0.6) is 0 Å². The first kappa shape index (κ1) is 57.9. The molecule has 131 valence electrons. The van der Waals surface area contributed by atoms with Crippen LogP contribution in [0.1, 0.15) is 6.42 Å². The van der Waals surface area contributed by atoms with E-state index in [0.29, 0.717) is 0 Å². The predicted molar refractivity (Wildman–Crippen MR) is 107 cm³/mol. The summed E-state index contributed by atoms with van der Waals surface area (Å²) >= 11 is 0. The molecule has 0 aromatic carbocycles. The van der Waals surface area contributed by atoms with Gasteiger partial charge in [-0.1, -0.05) is 13.1 Å². The maximum Gasteiger partial charge on any atom is 0.0213 e. The van der Waals surface area contributed by atoms with Crippen LogP contribution >= 0.6 is 24.8 Å². The van der Waals surface area contributed by atoms with E-state index >= 15 is 0 Å². The Hall–Kier alpha value is 0.440. The van der Waals surface area contributed by atoms with Crippen LogP contribution in [0.4, 0.5) is 0 Å². The molecule has 1 aromatic rings. The van der Waals surface area contributed by atoms with E-state index in [9.17, 15) is 0 Å². The Morgan fingerprint density at radius 2 is 1.48 bits per heavy atom. The molecule has 1 aromatic heterocycles. The van der Waals surface area contributed by atoms with E-state index in [-0.39, 0.29) is 88.2 Å². The van der Waals surface area contributed by atoms with Crippen molar-refractivity contribution < 1.29 is 26.2 Å². The number of aromatic amines is 1. The fourth-order valence-corrected chi connectivity index (χ4v) is 0.581. The van der Waals surface area contributed by atoms with Gasteiger partial charge in [0.25, 0.3) is 0 Å². The standard InChI is InChI=1S/C5H5.C4H4N.C2H7Si.5CH3.2ClH.Zr/c2*1-2-4-5-3-1;1-3-2;;;;;;;;/h1-3H,4H2;1-3,5H;3H,1-2H3;5*1H3;2*1H;/q2*-1;;5*-1;;;. The van der Waals surface area contributed by atoms with Crippen LogP contribution in [0.2, 0.25) is 13.1 Å². The zero-order valence-electron chi connectivity index (χ0n) is 14.6. The van der Waals surface area contributed by atoms with Crippen LogP contribution in [0, 0.1) is 49.4 Å². The van der Waals surface area contributed by atoms with Gasteiger partial charge in [0.05, 0.1) is 0 Å². The number of hydrogen-bond acceptors (Lipinski definition) is 0.